The smallest absolute Gasteiger partial charge is 0.256 e. The van der Waals surface area contributed by atoms with Crippen LogP contribution in [-0.2, 0) is 11.2 Å². The topological polar surface area (TPSA) is 86.0 Å². The molecule has 0 bridgehead atoms. The van der Waals surface area contributed by atoms with Gasteiger partial charge in [0.05, 0.1) is 42.9 Å². The van der Waals surface area contributed by atoms with E-state index in [4.69, 9.17) is 4.74 Å². The Bertz CT molecular complexity index is 1300. The normalized spacial score (nSPS) is 15.9. The van der Waals surface area contributed by atoms with Crippen molar-refractivity contribution in [1.82, 2.24) is 29.9 Å². The molecule has 1 amide bonds. The average molecular weight is 458 g/mol. The van der Waals surface area contributed by atoms with Crippen molar-refractivity contribution < 1.29 is 13.9 Å². The number of hydrogen-bond donors (Lipinski definition) is 0. The third-order valence-corrected chi connectivity index (χ3v) is 5.83. The number of aromatic nitrogens is 5. The summed E-state index contributed by atoms with van der Waals surface area (Å²) in [6, 6.07) is 11.8. The number of aryl methyl sites for hydroxylation is 1. The quantitative estimate of drug-likeness (QED) is 0.456. The van der Waals surface area contributed by atoms with Crippen molar-refractivity contribution in [3.05, 3.63) is 89.8 Å². The van der Waals surface area contributed by atoms with Crippen LogP contribution < -0.4 is 0 Å². The summed E-state index contributed by atoms with van der Waals surface area (Å²) in [6.45, 7) is 3.10. The third-order valence-electron chi connectivity index (χ3n) is 5.83. The van der Waals surface area contributed by atoms with Crippen LogP contribution in [0.25, 0.3) is 17.1 Å². The van der Waals surface area contributed by atoms with Crippen LogP contribution >= 0.6 is 0 Å². The maximum Gasteiger partial charge on any atom is 0.256 e. The molecule has 4 aromatic rings. The van der Waals surface area contributed by atoms with E-state index in [1.54, 1.807) is 54.0 Å². The molecule has 0 aliphatic carbocycles. The van der Waals surface area contributed by atoms with Crippen LogP contribution in [0, 0.1) is 12.7 Å². The fourth-order valence-electron chi connectivity index (χ4n) is 4.15. The fourth-order valence-corrected chi connectivity index (χ4v) is 4.15. The van der Waals surface area contributed by atoms with Crippen LogP contribution in [0.3, 0.4) is 0 Å². The van der Waals surface area contributed by atoms with Gasteiger partial charge in [-0.3, -0.25) is 4.79 Å². The summed E-state index contributed by atoms with van der Waals surface area (Å²) >= 11 is 0. The summed E-state index contributed by atoms with van der Waals surface area (Å²) in [5, 5.41) is 8.40. The van der Waals surface area contributed by atoms with Crippen LogP contribution in [0.2, 0.25) is 0 Å². The first-order chi connectivity index (χ1) is 16.6. The Morgan fingerprint density at radius 3 is 2.68 bits per heavy atom. The fraction of sp³-hybridized carbons (Fsp3) is 0.240. The van der Waals surface area contributed by atoms with Gasteiger partial charge >= 0.3 is 0 Å². The number of halogens is 1. The largest absolute Gasteiger partial charge is 0.377 e. The van der Waals surface area contributed by atoms with Crippen molar-refractivity contribution in [2.24, 2.45) is 0 Å². The minimum atomic E-state index is -0.339. The van der Waals surface area contributed by atoms with E-state index in [0.717, 1.165) is 11.1 Å². The van der Waals surface area contributed by atoms with E-state index in [9.17, 15) is 9.18 Å². The van der Waals surface area contributed by atoms with Gasteiger partial charge in [-0.05, 0) is 60.9 Å². The molecule has 0 unspecified atom stereocenters. The molecular formula is C25H23FN6O2. The van der Waals surface area contributed by atoms with Crippen LogP contribution in [0.5, 0.6) is 0 Å². The highest BCUT2D eigenvalue weighted by atomic mass is 19.1. The van der Waals surface area contributed by atoms with Gasteiger partial charge in [-0.2, -0.15) is 15.0 Å². The average Bonchev–Trinajstić information content (AvgIpc) is 3.41. The Morgan fingerprint density at radius 2 is 1.88 bits per heavy atom. The Labute approximate surface area is 196 Å². The second kappa shape index (κ2) is 9.48. The van der Waals surface area contributed by atoms with Crippen molar-refractivity contribution >= 4 is 5.91 Å². The van der Waals surface area contributed by atoms with Gasteiger partial charge < -0.3 is 9.64 Å². The number of carbonyl (C=O) groups excluding carboxylic acids is 1. The molecular weight excluding hydrogens is 435 g/mol. The molecule has 8 nitrogen and oxygen atoms in total. The molecule has 0 spiro atoms. The van der Waals surface area contributed by atoms with E-state index in [1.165, 1.54) is 10.9 Å². The molecule has 5 rings (SSSR count). The highest BCUT2D eigenvalue weighted by Gasteiger charge is 2.31. The standard InChI is InChI=1S/C25H23FN6O2/c1-17-3-5-21(23(13-17)32-29-9-10-30-32)25(33)31-11-12-34-16-20(31)15-19-14-18(4-6-22(19)26)24-27-7-2-8-28-24/h2-10,13-14,20H,11-12,15-16H2,1H3/t20-/m1/s1. The zero-order valence-corrected chi connectivity index (χ0v) is 18.6. The SMILES string of the molecule is Cc1ccc(C(=O)N2CCOC[C@H]2Cc2cc(-c3ncccn3)ccc2F)c(-n2nccn2)c1. The molecule has 0 saturated carbocycles. The summed E-state index contributed by atoms with van der Waals surface area (Å²) in [6.07, 6.45) is 6.74. The van der Waals surface area contributed by atoms with Gasteiger partial charge in [0.2, 0.25) is 0 Å². The Balaban J connectivity index is 1.45. The molecule has 3 heterocycles. The first-order valence-corrected chi connectivity index (χ1v) is 11.0. The Kier molecular flexibility index (Phi) is 6.09. The van der Waals surface area contributed by atoms with Crippen LogP contribution in [0.15, 0.2) is 67.3 Å². The minimum Gasteiger partial charge on any atom is -0.377 e. The summed E-state index contributed by atoms with van der Waals surface area (Å²) < 4.78 is 20.5. The highest BCUT2D eigenvalue weighted by molar-refractivity contribution is 5.98. The van der Waals surface area contributed by atoms with Crippen molar-refractivity contribution in [1.29, 1.82) is 0 Å². The minimum absolute atomic E-state index is 0.163. The monoisotopic (exact) mass is 458 g/mol. The van der Waals surface area contributed by atoms with Gasteiger partial charge in [-0.25, -0.2) is 14.4 Å². The van der Waals surface area contributed by atoms with Crippen LogP contribution in [0.1, 0.15) is 21.5 Å². The van der Waals surface area contributed by atoms with E-state index < -0.39 is 0 Å². The summed E-state index contributed by atoms with van der Waals surface area (Å²) in [4.78, 5) is 25.4. The van der Waals surface area contributed by atoms with E-state index >= 15 is 0 Å². The zero-order chi connectivity index (χ0) is 23.5. The zero-order valence-electron chi connectivity index (χ0n) is 18.6. The van der Waals surface area contributed by atoms with Gasteiger partial charge in [0, 0.05) is 24.5 Å². The predicted molar refractivity (Wildman–Crippen MR) is 123 cm³/mol. The molecule has 2 aromatic heterocycles. The predicted octanol–water partition coefficient (Wildman–Crippen LogP) is 3.26. The van der Waals surface area contributed by atoms with E-state index in [1.807, 2.05) is 19.1 Å². The molecule has 1 fully saturated rings. The number of nitrogens with zero attached hydrogens (tertiary/aromatic N) is 6. The lowest BCUT2D eigenvalue weighted by atomic mass is 9.99. The second-order valence-corrected chi connectivity index (χ2v) is 8.15. The second-order valence-electron chi connectivity index (χ2n) is 8.15. The summed E-state index contributed by atoms with van der Waals surface area (Å²) in [5.41, 5.74) is 3.29. The van der Waals surface area contributed by atoms with Crippen molar-refractivity contribution in [2.45, 2.75) is 19.4 Å². The van der Waals surface area contributed by atoms with Gasteiger partial charge in [0.15, 0.2) is 5.82 Å². The number of amides is 1. The number of ether oxygens (including phenoxy) is 1. The van der Waals surface area contributed by atoms with E-state index in [-0.39, 0.29) is 17.8 Å². The molecule has 0 radical (unpaired) electrons. The molecule has 1 saturated heterocycles. The summed E-state index contributed by atoms with van der Waals surface area (Å²) in [5.74, 6) is 0.0190. The number of rotatable bonds is 5. The Hall–Kier alpha value is -3.98. The van der Waals surface area contributed by atoms with E-state index in [2.05, 4.69) is 20.2 Å². The van der Waals surface area contributed by atoms with Gasteiger partial charge in [0.25, 0.3) is 5.91 Å². The lowest BCUT2D eigenvalue weighted by Gasteiger charge is -2.36. The maximum atomic E-state index is 14.8. The Morgan fingerprint density at radius 1 is 1.09 bits per heavy atom. The maximum absolute atomic E-state index is 14.8. The molecule has 9 heteroatoms. The highest BCUT2D eigenvalue weighted by Crippen LogP contribution is 2.24. The molecule has 34 heavy (non-hydrogen) atoms. The van der Waals surface area contributed by atoms with Crippen molar-refractivity contribution in [3.8, 4) is 17.1 Å². The van der Waals surface area contributed by atoms with Crippen LogP contribution in [-0.4, -0.2) is 61.6 Å². The molecule has 2 aromatic carbocycles. The molecule has 1 atom stereocenters. The molecule has 1 aliphatic rings. The summed E-state index contributed by atoms with van der Waals surface area (Å²) in [7, 11) is 0. The number of benzene rings is 2. The number of morpholine rings is 1. The van der Waals surface area contributed by atoms with Gasteiger partial charge in [-0.1, -0.05) is 6.07 Å². The van der Waals surface area contributed by atoms with Gasteiger partial charge in [-0.15, -0.1) is 0 Å². The third kappa shape index (κ3) is 4.42. The van der Waals surface area contributed by atoms with Gasteiger partial charge in [0.1, 0.15) is 5.82 Å². The first-order valence-electron chi connectivity index (χ1n) is 11.0. The number of hydrogen-bond acceptors (Lipinski definition) is 6. The first kappa shape index (κ1) is 21.8. The molecule has 172 valence electrons. The lowest BCUT2D eigenvalue weighted by Crippen LogP contribution is -2.50. The van der Waals surface area contributed by atoms with Crippen molar-refractivity contribution in [3.63, 3.8) is 0 Å². The molecule has 0 N–H and O–H groups in total. The van der Waals surface area contributed by atoms with Crippen molar-refractivity contribution in [2.75, 3.05) is 19.8 Å². The van der Waals surface area contributed by atoms with Crippen LogP contribution in [0.4, 0.5) is 4.39 Å². The van der Waals surface area contributed by atoms with E-state index in [0.29, 0.717) is 48.8 Å². The lowest BCUT2D eigenvalue weighted by molar-refractivity contribution is -0.00185. The molecule has 1 aliphatic heterocycles. The number of carbonyl (C=O) groups is 1.